The fourth-order valence-electron chi connectivity index (χ4n) is 3.31. The molecule has 0 radical (unpaired) electrons. The van der Waals surface area contributed by atoms with Gasteiger partial charge in [0.1, 0.15) is 12.4 Å². The number of halogens is 4. The highest BCUT2D eigenvalue weighted by Crippen LogP contribution is 2.34. The van der Waals surface area contributed by atoms with E-state index in [1.165, 1.54) is 0 Å². The SMILES string of the molecule is CO[C@H]1C[C@@H](c2nc(-c3ccccc3)nn2CC(F)(F)F)CC[C@@H]1N.Cl. The van der Waals surface area contributed by atoms with E-state index in [-0.39, 0.29) is 30.5 Å². The molecule has 9 heteroatoms. The van der Waals surface area contributed by atoms with Gasteiger partial charge in [-0.1, -0.05) is 30.3 Å². The van der Waals surface area contributed by atoms with Crippen LogP contribution in [0.4, 0.5) is 13.2 Å². The van der Waals surface area contributed by atoms with E-state index in [2.05, 4.69) is 10.1 Å². The average molecular weight is 391 g/mol. The van der Waals surface area contributed by atoms with Gasteiger partial charge in [0.25, 0.3) is 0 Å². The summed E-state index contributed by atoms with van der Waals surface area (Å²) in [6.07, 6.45) is -2.64. The molecule has 0 saturated heterocycles. The standard InChI is InChI=1S/C17H21F3N4O.ClH/c1-25-14-9-12(7-8-13(14)21)16-22-15(11-5-3-2-4-6-11)23-24(16)10-17(18,19)20;/h2-6,12-14H,7-10,21H2,1H3;1H/t12-,13-,14-;/m0./s1. The minimum Gasteiger partial charge on any atom is -0.380 e. The second-order valence-corrected chi connectivity index (χ2v) is 6.38. The number of nitrogens with zero attached hydrogens (tertiary/aromatic N) is 3. The van der Waals surface area contributed by atoms with Crippen molar-refractivity contribution in [3.63, 3.8) is 0 Å². The molecule has 3 atom stereocenters. The van der Waals surface area contributed by atoms with Crippen LogP contribution >= 0.6 is 12.4 Å². The molecule has 26 heavy (non-hydrogen) atoms. The van der Waals surface area contributed by atoms with E-state index in [1.807, 2.05) is 6.07 Å². The summed E-state index contributed by atoms with van der Waals surface area (Å²) < 4.78 is 45.3. The maximum absolute atomic E-state index is 13.0. The zero-order valence-corrected chi connectivity index (χ0v) is 15.1. The third kappa shape index (κ3) is 4.75. The Labute approximate surface area is 156 Å². The van der Waals surface area contributed by atoms with Gasteiger partial charge in [0.15, 0.2) is 5.82 Å². The van der Waals surface area contributed by atoms with Crippen LogP contribution in [0.5, 0.6) is 0 Å². The Kier molecular flexibility index (Phi) is 6.65. The minimum atomic E-state index is -4.36. The van der Waals surface area contributed by atoms with Crippen LogP contribution < -0.4 is 5.73 Å². The van der Waals surface area contributed by atoms with E-state index in [4.69, 9.17) is 10.5 Å². The molecular weight excluding hydrogens is 369 g/mol. The second-order valence-electron chi connectivity index (χ2n) is 6.38. The second kappa shape index (κ2) is 8.37. The molecule has 144 valence electrons. The minimum absolute atomic E-state index is 0. The number of aromatic nitrogens is 3. The van der Waals surface area contributed by atoms with E-state index in [0.717, 1.165) is 4.68 Å². The average Bonchev–Trinajstić information content (AvgIpc) is 2.98. The van der Waals surface area contributed by atoms with Crippen molar-refractivity contribution in [3.05, 3.63) is 36.2 Å². The molecule has 0 bridgehead atoms. The lowest BCUT2D eigenvalue weighted by atomic mass is 9.83. The van der Waals surface area contributed by atoms with Gasteiger partial charge in [-0.15, -0.1) is 12.4 Å². The quantitative estimate of drug-likeness (QED) is 0.867. The van der Waals surface area contributed by atoms with Crippen LogP contribution in [0.15, 0.2) is 30.3 Å². The predicted octanol–water partition coefficient (Wildman–Crippen LogP) is 3.54. The summed E-state index contributed by atoms with van der Waals surface area (Å²) in [6, 6.07) is 8.91. The molecule has 1 aromatic heterocycles. The smallest absolute Gasteiger partial charge is 0.380 e. The molecule has 1 fully saturated rings. The summed E-state index contributed by atoms with van der Waals surface area (Å²) in [7, 11) is 1.57. The van der Waals surface area contributed by atoms with E-state index in [9.17, 15) is 13.2 Å². The molecule has 2 aromatic rings. The molecule has 5 nitrogen and oxygen atoms in total. The summed E-state index contributed by atoms with van der Waals surface area (Å²) in [6.45, 7) is -1.15. The normalized spacial score (nSPS) is 23.5. The summed E-state index contributed by atoms with van der Waals surface area (Å²) >= 11 is 0. The van der Waals surface area contributed by atoms with Gasteiger partial charge in [0.05, 0.1) is 6.10 Å². The van der Waals surface area contributed by atoms with Crippen molar-refractivity contribution in [2.24, 2.45) is 5.73 Å². The highest BCUT2D eigenvalue weighted by atomic mass is 35.5. The lowest BCUT2D eigenvalue weighted by Gasteiger charge is -2.32. The van der Waals surface area contributed by atoms with E-state index in [0.29, 0.717) is 36.5 Å². The Balaban J connectivity index is 0.00000243. The number of alkyl halides is 3. The molecule has 1 aliphatic rings. The van der Waals surface area contributed by atoms with Crippen LogP contribution in [0, 0.1) is 0 Å². The first kappa shape index (κ1) is 20.7. The molecule has 0 aliphatic heterocycles. The van der Waals surface area contributed by atoms with Crippen molar-refractivity contribution in [3.8, 4) is 11.4 Å². The van der Waals surface area contributed by atoms with Gasteiger partial charge in [-0.3, -0.25) is 0 Å². The van der Waals surface area contributed by atoms with Gasteiger partial charge < -0.3 is 10.5 Å². The zero-order valence-electron chi connectivity index (χ0n) is 14.3. The maximum atomic E-state index is 13.0. The van der Waals surface area contributed by atoms with Gasteiger partial charge in [0.2, 0.25) is 0 Å². The van der Waals surface area contributed by atoms with Crippen LogP contribution in [0.3, 0.4) is 0 Å². The van der Waals surface area contributed by atoms with Crippen molar-refractivity contribution in [1.29, 1.82) is 0 Å². The monoisotopic (exact) mass is 390 g/mol. The van der Waals surface area contributed by atoms with Crippen LogP contribution in [-0.4, -0.2) is 40.2 Å². The van der Waals surface area contributed by atoms with Gasteiger partial charge in [-0.05, 0) is 19.3 Å². The number of hydrogen-bond donors (Lipinski definition) is 1. The number of benzene rings is 1. The molecule has 0 unspecified atom stereocenters. The zero-order chi connectivity index (χ0) is 18.0. The maximum Gasteiger partial charge on any atom is 0.408 e. The Bertz CT molecular complexity index is 708. The van der Waals surface area contributed by atoms with Gasteiger partial charge in [-0.2, -0.15) is 18.3 Å². The van der Waals surface area contributed by atoms with E-state index < -0.39 is 12.7 Å². The fourth-order valence-corrected chi connectivity index (χ4v) is 3.31. The Morgan fingerprint density at radius 3 is 2.54 bits per heavy atom. The van der Waals surface area contributed by atoms with Gasteiger partial charge in [0, 0.05) is 24.6 Å². The van der Waals surface area contributed by atoms with Crippen molar-refractivity contribution < 1.29 is 17.9 Å². The Morgan fingerprint density at radius 1 is 1.23 bits per heavy atom. The van der Waals surface area contributed by atoms with Crippen molar-refractivity contribution in [2.45, 2.75) is 50.0 Å². The summed E-state index contributed by atoms with van der Waals surface area (Å²) in [4.78, 5) is 4.44. The molecular formula is C17H22ClF3N4O. The first-order chi connectivity index (χ1) is 11.9. The molecule has 1 saturated carbocycles. The third-order valence-corrected chi connectivity index (χ3v) is 4.57. The first-order valence-corrected chi connectivity index (χ1v) is 8.22. The fraction of sp³-hybridized carbons (Fsp3) is 0.529. The lowest BCUT2D eigenvalue weighted by Crippen LogP contribution is -2.41. The Morgan fingerprint density at radius 2 is 1.92 bits per heavy atom. The van der Waals surface area contributed by atoms with Crippen LogP contribution in [0.25, 0.3) is 11.4 Å². The van der Waals surface area contributed by atoms with Gasteiger partial charge >= 0.3 is 6.18 Å². The number of methoxy groups -OCH3 is 1. The number of nitrogens with two attached hydrogens (primary N) is 1. The largest absolute Gasteiger partial charge is 0.408 e. The third-order valence-electron chi connectivity index (χ3n) is 4.57. The summed E-state index contributed by atoms with van der Waals surface area (Å²) in [5.41, 5.74) is 6.71. The molecule has 0 spiro atoms. The molecule has 1 aliphatic carbocycles. The summed E-state index contributed by atoms with van der Waals surface area (Å²) in [5, 5.41) is 4.12. The van der Waals surface area contributed by atoms with Gasteiger partial charge in [-0.25, -0.2) is 9.67 Å². The van der Waals surface area contributed by atoms with E-state index in [1.54, 1.807) is 31.4 Å². The van der Waals surface area contributed by atoms with Crippen molar-refractivity contribution in [2.75, 3.05) is 7.11 Å². The predicted molar refractivity (Wildman–Crippen MR) is 94.1 cm³/mol. The Hall–Kier alpha value is -1.64. The first-order valence-electron chi connectivity index (χ1n) is 8.22. The topological polar surface area (TPSA) is 66.0 Å². The molecule has 0 amide bonds. The van der Waals surface area contributed by atoms with E-state index >= 15 is 0 Å². The number of rotatable bonds is 4. The number of ether oxygens (including phenoxy) is 1. The molecule has 2 N–H and O–H groups in total. The lowest BCUT2D eigenvalue weighted by molar-refractivity contribution is -0.143. The van der Waals surface area contributed by atoms with Crippen LogP contribution in [0.1, 0.15) is 31.0 Å². The highest BCUT2D eigenvalue weighted by Gasteiger charge is 2.35. The van der Waals surface area contributed by atoms with Crippen LogP contribution in [-0.2, 0) is 11.3 Å². The van der Waals surface area contributed by atoms with Crippen LogP contribution in [0.2, 0.25) is 0 Å². The molecule has 1 heterocycles. The molecule has 3 rings (SSSR count). The van der Waals surface area contributed by atoms with Crippen molar-refractivity contribution in [1.82, 2.24) is 14.8 Å². The molecule has 1 aromatic carbocycles. The number of hydrogen-bond acceptors (Lipinski definition) is 4. The van der Waals surface area contributed by atoms with Crippen molar-refractivity contribution >= 4 is 12.4 Å². The summed E-state index contributed by atoms with van der Waals surface area (Å²) in [5.74, 6) is 0.505. The highest BCUT2D eigenvalue weighted by molar-refractivity contribution is 5.85.